The third-order valence-electron chi connectivity index (χ3n) is 4.52. The van der Waals surface area contributed by atoms with Gasteiger partial charge < -0.3 is 20.3 Å². The molecule has 26 heavy (non-hydrogen) atoms. The predicted octanol–water partition coefficient (Wildman–Crippen LogP) is 1.55. The van der Waals surface area contributed by atoms with Gasteiger partial charge in [-0.15, -0.1) is 0 Å². The molecule has 6 nitrogen and oxygen atoms in total. The Morgan fingerprint density at radius 3 is 2.65 bits per heavy atom. The lowest BCUT2D eigenvalue weighted by Gasteiger charge is -2.28. The Kier molecular flexibility index (Phi) is 4.38. The molecule has 2 aromatic carbocycles. The highest BCUT2D eigenvalue weighted by Gasteiger charge is 2.38. The van der Waals surface area contributed by atoms with Gasteiger partial charge >= 0.3 is 5.97 Å². The van der Waals surface area contributed by atoms with Crippen LogP contribution >= 0.6 is 0 Å². The quantitative estimate of drug-likeness (QED) is 0.575. The molecule has 3 N–H and O–H groups in total. The Balaban J connectivity index is 1.67. The van der Waals surface area contributed by atoms with Gasteiger partial charge in [0.2, 0.25) is 0 Å². The molecule has 0 saturated heterocycles. The summed E-state index contributed by atoms with van der Waals surface area (Å²) in [5, 5.41) is 22.3. The van der Waals surface area contributed by atoms with Crippen molar-refractivity contribution in [2.45, 2.75) is 18.9 Å². The van der Waals surface area contributed by atoms with E-state index < -0.39 is 18.3 Å². The summed E-state index contributed by atoms with van der Waals surface area (Å²) in [6, 6.07) is 16.1. The highest BCUT2D eigenvalue weighted by molar-refractivity contribution is 6.35. The van der Waals surface area contributed by atoms with Crippen molar-refractivity contribution in [1.82, 2.24) is 5.32 Å². The molecule has 2 heterocycles. The summed E-state index contributed by atoms with van der Waals surface area (Å²) in [5.74, 6) is -0.438. The number of carbonyl (C=O) groups is 1. The first-order valence-electron chi connectivity index (χ1n) is 8.37. The number of nitrogens with one attached hydrogen (secondary N) is 1. The van der Waals surface area contributed by atoms with Gasteiger partial charge in [-0.3, -0.25) is 4.99 Å². The number of aliphatic hydroxyl groups excluding tert-OH is 1. The summed E-state index contributed by atoms with van der Waals surface area (Å²) in [6.45, 7) is 0.356. The van der Waals surface area contributed by atoms with Crippen LogP contribution in [0.15, 0.2) is 65.2 Å². The number of para-hydroxylation sites is 1. The third kappa shape index (κ3) is 2.94. The van der Waals surface area contributed by atoms with Crippen LogP contribution in [0.4, 0.5) is 5.69 Å². The fraction of sp³-hybridized carbons (Fsp3) is 0.200. The zero-order chi connectivity index (χ0) is 18.1. The first-order valence-corrected chi connectivity index (χ1v) is 8.37. The maximum Gasteiger partial charge on any atom is 0.336 e. The van der Waals surface area contributed by atoms with E-state index in [1.807, 2.05) is 54.6 Å². The van der Waals surface area contributed by atoms with Crippen LogP contribution in [-0.4, -0.2) is 40.8 Å². The van der Waals surface area contributed by atoms with Crippen molar-refractivity contribution in [3.63, 3.8) is 0 Å². The molecule has 6 heteroatoms. The van der Waals surface area contributed by atoms with Crippen molar-refractivity contribution in [3.05, 3.63) is 71.3 Å². The van der Waals surface area contributed by atoms with Crippen molar-refractivity contribution < 1.29 is 19.7 Å². The zero-order valence-corrected chi connectivity index (χ0v) is 13.9. The lowest BCUT2D eigenvalue weighted by molar-refractivity contribution is -0.140. The largest absolute Gasteiger partial charge is 0.457 e. The van der Waals surface area contributed by atoms with E-state index in [0.717, 1.165) is 11.1 Å². The van der Waals surface area contributed by atoms with Gasteiger partial charge in [0.05, 0.1) is 17.0 Å². The van der Waals surface area contributed by atoms with Gasteiger partial charge in [0.1, 0.15) is 12.6 Å². The molecule has 0 radical (unpaired) electrons. The smallest absolute Gasteiger partial charge is 0.336 e. The molecule has 4 rings (SSSR count). The van der Waals surface area contributed by atoms with Gasteiger partial charge in [-0.1, -0.05) is 48.5 Å². The summed E-state index contributed by atoms with van der Waals surface area (Å²) in [4.78, 5) is 17.2. The Morgan fingerprint density at radius 1 is 1.15 bits per heavy atom. The molecule has 132 valence electrons. The van der Waals surface area contributed by atoms with E-state index in [0.29, 0.717) is 22.5 Å². The molecule has 0 saturated carbocycles. The SMILES string of the molecule is O=C(OCc1ccccc1)C1=C2C(=Nc3ccccc32)C(C(O)O)NC1. The maximum absolute atomic E-state index is 12.7. The van der Waals surface area contributed by atoms with Crippen molar-refractivity contribution in [3.8, 4) is 0 Å². The first-order chi connectivity index (χ1) is 12.6. The summed E-state index contributed by atoms with van der Waals surface area (Å²) < 4.78 is 5.47. The van der Waals surface area contributed by atoms with E-state index in [-0.39, 0.29) is 13.2 Å². The van der Waals surface area contributed by atoms with Crippen LogP contribution in [0.5, 0.6) is 0 Å². The predicted molar refractivity (Wildman–Crippen MR) is 96.7 cm³/mol. The van der Waals surface area contributed by atoms with Crippen LogP contribution in [-0.2, 0) is 16.1 Å². The second-order valence-electron chi connectivity index (χ2n) is 6.20. The van der Waals surface area contributed by atoms with Crippen molar-refractivity contribution >= 4 is 22.9 Å². The topological polar surface area (TPSA) is 91.2 Å². The van der Waals surface area contributed by atoms with Crippen LogP contribution in [0, 0.1) is 0 Å². The summed E-state index contributed by atoms with van der Waals surface area (Å²) in [6.07, 6.45) is -1.61. The van der Waals surface area contributed by atoms with Gasteiger partial charge in [0, 0.05) is 17.7 Å². The summed E-state index contributed by atoms with van der Waals surface area (Å²) >= 11 is 0. The molecule has 0 amide bonds. The lowest BCUT2D eigenvalue weighted by Crippen LogP contribution is -2.50. The van der Waals surface area contributed by atoms with Crippen molar-refractivity contribution in [2.24, 2.45) is 4.99 Å². The minimum atomic E-state index is -1.61. The number of ether oxygens (including phenoxy) is 1. The molecule has 0 bridgehead atoms. The fourth-order valence-corrected chi connectivity index (χ4v) is 3.28. The van der Waals surface area contributed by atoms with Gasteiger partial charge in [0.15, 0.2) is 6.29 Å². The molecule has 2 aromatic rings. The number of hydrogen-bond donors (Lipinski definition) is 3. The van der Waals surface area contributed by atoms with Crippen LogP contribution in [0.25, 0.3) is 5.57 Å². The average molecular weight is 350 g/mol. The average Bonchev–Trinajstić information content (AvgIpc) is 3.05. The molecule has 2 aliphatic rings. The van der Waals surface area contributed by atoms with Crippen molar-refractivity contribution in [2.75, 3.05) is 6.54 Å². The fourth-order valence-electron chi connectivity index (χ4n) is 3.28. The van der Waals surface area contributed by atoms with Gasteiger partial charge in [-0.25, -0.2) is 4.79 Å². The molecule has 0 spiro atoms. The number of hydrogen-bond acceptors (Lipinski definition) is 6. The summed E-state index contributed by atoms with van der Waals surface area (Å²) in [7, 11) is 0. The van der Waals surface area contributed by atoms with E-state index in [9.17, 15) is 15.0 Å². The van der Waals surface area contributed by atoms with E-state index in [1.54, 1.807) is 0 Å². The Bertz CT molecular complexity index is 903. The third-order valence-corrected chi connectivity index (χ3v) is 4.52. The molecule has 0 fully saturated rings. The van der Waals surface area contributed by atoms with E-state index >= 15 is 0 Å². The van der Waals surface area contributed by atoms with Crippen LogP contribution in [0.3, 0.4) is 0 Å². The molecule has 1 atom stereocenters. The van der Waals surface area contributed by atoms with Crippen LogP contribution in [0.1, 0.15) is 11.1 Å². The Hall–Kier alpha value is -2.80. The lowest BCUT2D eigenvalue weighted by atomic mass is 9.89. The van der Waals surface area contributed by atoms with Crippen LogP contribution in [0.2, 0.25) is 0 Å². The number of esters is 1. The van der Waals surface area contributed by atoms with E-state index in [2.05, 4.69) is 10.3 Å². The number of aliphatic hydroxyl groups is 2. The Labute approximate surface area is 150 Å². The highest BCUT2D eigenvalue weighted by atomic mass is 16.5. The number of benzene rings is 2. The minimum absolute atomic E-state index is 0.177. The van der Waals surface area contributed by atoms with Gasteiger partial charge in [-0.05, 0) is 11.6 Å². The number of fused-ring (bicyclic) bond motifs is 3. The first kappa shape index (κ1) is 16.7. The van der Waals surface area contributed by atoms with E-state index in [1.165, 1.54) is 0 Å². The van der Waals surface area contributed by atoms with Gasteiger partial charge in [-0.2, -0.15) is 0 Å². The number of aliphatic imine (C=N–C) groups is 1. The summed E-state index contributed by atoms with van der Waals surface area (Å²) in [5.41, 5.74) is 3.96. The molecule has 0 aliphatic carbocycles. The molecule has 2 aliphatic heterocycles. The second-order valence-corrected chi connectivity index (χ2v) is 6.20. The highest BCUT2D eigenvalue weighted by Crippen LogP contribution is 2.39. The number of carbonyl (C=O) groups excluding carboxylic acids is 1. The zero-order valence-electron chi connectivity index (χ0n) is 13.9. The molecular weight excluding hydrogens is 332 g/mol. The Morgan fingerprint density at radius 2 is 1.88 bits per heavy atom. The molecule has 0 aromatic heterocycles. The monoisotopic (exact) mass is 350 g/mol. The molecular formula is C20H18N2O4. The molecule has 1 unspecified atom stereocenters. The second kappa shape index (κ2) is 6.84. The minimum Gasteiger partial charge on any atom is -0.457 e. The van der Waals surface area contributed by atoms with E-state index in [4.69, 9.17) is 4.74 Å². The normalized spacial score (nSPS) is 18.4. The van der Waals surface area contributed by atoms with Crippen molar-refractivity contribution in [1.29, 1.82) is 0 Å². The standard InChI is InChI=1S/C20H18N2O4/c23-19(24)18-17-16(13-8-4-5-9-15(13)22-17)14(10-21-18)20(25)26-11-12-6-2-1-3-7-12/h1-9,18-19,21,23-24H,10-11H2. The van der Waals surface area contributed by atoms with Crippen LogP contribution < -0.4 is 5.32 Å². The van der Waals surface area contributed by atoms with Gasteiger partial charge in [0.25, 0.3) is 0 Å². The maximum atomic E-state index is 12.7. The number of rotatable bonds is 4. The number of nitrogens with zero attached hydrogens (tertiary/aromatic N) is 1.